The highest BCUT2D eigenvalue weighted by atomic mass is 16.5. The number of morpholine rings is 1. The molecule has 94 valence electrons. The topological polar surface area (TPSA) is 67.6 Å². The van der Waals surface area contributed by atoms with Gasteiger partial charge in [-0.1, -0.05) is 0 Å². The van der Waals surface area contributed by atoms with E-state index >= 15 is 0 Å². The zero-order chi connectivity index (χ0) is 12.3. The Labute approximate surface area is 99.8 Å². The van der Waals surface area contributed by atoms with E-state index in [4.69, 9.17) is 9.84 Å². The largest absolute Gasteiger partial charge is 0.479 e. The first-order valence-corrected chi connectivity index (χ1v) is 5.77. The zero-order valence-electron chi connectivity index (χ0n) is 9.87. The number of nitrogens with zero attached hydrogens (tertiary/aromatic N) is 3. The van der Waals surface area contributed by atoms with Gasteiger partial charge in [-0.3, -0.25) is 4.90 Å². The number of ether oxygens (including phenoxy) is 1. The predicted molar refractivity (Wildman–Crippen MR) is 60.6 cm³/mol. The maximum atomic E-state index is 10.9. The van der Waals surface area contributed by atoms with Gasteiger partial charge >= 0.3 is 5.97 Å². The lowest BCUT2D eigenvalue weighted by Gasteiger charge is -2.30. The molecule has 1 saturated heterocycles. The standard InChI is InChI=1S/C11H17N3O3/c1-2-14-4-3-12-10(14)8-13-5-6-17-9(7-13)11(15)16/h3-4,9H,2,5-8H2,1H3,(H,15,16). The molecule has 2 heterocycles. The first kappa shape index (κ1) is 12.1. The van der Waals surface area contributed by atoms with Crippen molar-refractivity contribution in [2.24, 2.45) is 0 Å². The van der Waals surface area contributed by atoms with Gasteiger partial charge in [-0.15, -0.1) is 0 Å². The van der Waals surface area contributed by atoms with E-state index in [0.717, 1.165) is 18.9 Å². The highest BCUT2D eigenvalue weighted by Crippen LogP contribution is 2.09. The summed E-state index contributed by atoms with van der Waals surface area (Å²) in [6.07, 6.45) is 2.99. The lowest BCUT2D eigenvalue weighted by atomic mass is 10.2. The minimum Gasteiger partial charge on any atom is -0.479 e. The van der Waals surface area contributed by atoms with Crippen LogP contribution < -0.4 is 0 Å². The van der Waals surface area contributed by atoms with Crippen LogP contribution in [0.3, 0.4) is 0 Å². The van der Waals surface area contributed by atoms with Crippen LogP contribution in [0.25, 0.3) is 0 Å². The summed E-state index contributed by atoms with van der Waals surface area (Å²) in [4.78, 5) is 17.2. The van der Waals surface area contributed by atoms with Gasteiger partial charge in [-0.2, -0.15) is 0 Å². The second-order valence-electron chi connectivity index (χ2n) is 4.06. The highest BCUT2D eigenvalue weighted by molar-refractivity contribution is 5.72. The third kappa shape index (κ3) is 2.83. The van der Waals surface area contributed by atoms with Gasteiger partial charge in [0.2, 0.25) is 0 Å². The summed E-state index contributed by atoms with van der Waals surface area (Å²) in [6.45, 7) is 5.25. The molecule has 0 aliphatic carbocycles. The van der Waals surface area contributed by atoms with Crippen LogP contribution in [0, 0.1) is 0 Å². The zero-order valence-corrected chi connectivity index (χ0v) is 9.87. The van der Waals surface area contributed by atoms with Crippen LogP contribution in [0.15, 0.2) is 12.4 Å². The Kier molecular flexibility index (Phi) is 3.75. The van der Waals surface area contributed by atoms with Gasteiger partial charge in [0.1, 0.15) is 5.82 Å². The van der Waals surface area contributed by atoms with E-state index in [1.807, 2.05) is 6.20 Å². The van der Waals surface area contributed by atoms with Crippen LogP contribution in [0.4, 0.5) is 0 Å². The van der Waals surface area contributed by atoms with Crippen molar-refractivity contribution in [1.82, 2.24) is 14.5 Å². The quantitative estimate of drug-likeness (QED) is 0.812. The van der Waals surface area contributed by atoms with Crippen molar-refractivity contribution < 1.29 is 14.6 Å². The second-order valence-corrected chi connectivity index (χ2v) is 4.06. The maximum Gasteiger partial charge on any atom is 0.334 e. The molecule has 0 spiro atoms. The van der Waals surface area contributed by atoms with Crippen LogP contribution in [-0.4, -0.2) is 51.3 Å². The van der Waals surface area contributed by atoms with E-state index in [2.05, 4.69) is 21.4 Å². The van der Waals surface area contributed by atoms with Gasteiger partial charge < -0.3 is 14.4 Å². The van der Waals surface area contributed by atoms with Crippen LogP contribution in [0.2, 0.25) is 0 Å². The van der Waals surface area contributed by atoms with E-state index in [-0.39, 0.29) is 0 Å². The number of carboxylic acids is 1. The van der Waals surface area contributed by atoms with Gasteiger partial charge in [0.05, 0.1) is 13.2 Å². The van der Waals surface area contributed by atoms with E-state index in [1.54, 1.807) is 6.20 Å². The van der Waals surface area contributed by atoms with Crippen molar-refractivity contribution in [2.75, 3.05) is 19.7 Å². The summed E-state index contributed by atoms with van der Waals surface area (Å²) in [5.41, 5.74) is 0. The molecular formula is C11H17N3O3. The third-order valence-electron chi connectivity index (χ3n) is 2.93. The van der Waals surface area contributed by atoms with Crippen LogP contribution in [0.5, 0.6) is 0 Å². The number of carboxylic acid groups (broad SMARTS) is 1. The highest BCUT2D eigenvalue weighted by Gasteiger charge is 2.26. The van der Waals surface area contributed by atoms with E-state index in [1.165, 1.54) is 0 Å². The number of carbonyl (C=O) groups is 1. The van der Waals surface area contributed by atoms with E-state index in [0.29, 0.717) is 19.7 Å². The maximum absolute atomic E-state index is 10.9. The summed E-state index contributed by atoms with van der Waals surface area (Å²) < 4.78 is 7.24. The molecule has 1 aliphatic heterocycles. The van der Waals surface area contributed by atoms with Crippen molar-refractivity contribution >= 4 is 5.97 Å². The summed E-state index contributed by atoms with van der Waals surface area (Å²) >= 11 is 0. The molecule has 1 aromatic heterocycles. The molecule has 6 nitrogen and oxygen atoms in total. The first-order valence-electron chi connectivity index (χ1n) is 5.77. The molecule has 0 radical (unpaired) electrons. The molecule has 1 aromatic rings. The molecule has 1 atom stereocenters. The number of aryl methyl sites for hydroxylation is 1. The predicted octanol–water partition coefficient (Wildman–Crippen LogP) is 0.188. The SMILES string of the molecule is CCn1ccnc1CN1CCOC(C(=O)O)C1. The summed E-state index contributed by atoms with van der Waals surface area (Å²) in [7, 11) is 0. The van der Waals surface area contributed by atoms with Crippen LogP contribution in [0.1, 0.15) is 12.7 Å². The fraction of sp³-hybridized carbons (Fsp3) is 0.636. The van der Waals surface area contributed by atoms with Crippen LogP contribution >= 0.6 is 0 Å². The summed E-state index contributed by atoms with van der Waals surface area (Å²) in [5.74, 6) is 0.0760. The Morgan fingerprint density at radius 1 is 1.71 bits per heavy atom. The van der Waals surface area contributed by atoms with Gasteiger partial charge in [0.15, 0.2) is 6.10 Å². The van der Waals surface area contributed by atoms with E-state index in [9.17, 15) is 4.79 Å². The second kappa shape index (κ2) is 5.29. The molecule has 0 bridgehead atoms. The number of imidazole rings is 1. The first-order chi connectivity index (χ1) is 8.20. The number of rotatable bonds is 4. The number of hydrogen-bond acceptors (Lipinski definition) is 4. The van der Waals surface area contributed by atoms with Crippen molar-refractivity contribution in [3.63, 3.8) is 0 Å². The molecule has 1 aliphatic rings. The minimum absolute atomic E-state index is 0.423. The van der Waals surface area contributed by atoms with Gasteiger partial charge in [-0.05, 0) is 6.92 Å². The fourth-order valence-electron chi connectivity index (χ4n) is 1.98. The van der Waals surface area contributed by atoms with Gasteiger partial charge in [0, 0.05) is 32.0 Å². The summed E-state index contributed by atoms with van der Waals surface area (Å²) in [6, 6.07) is 0. The Morgan fingerprint density at radius 2 is 2.53 bits per heavy atom. The fourth-order valence-corrected chi connectivity index (χ4v) is 1.98. The molecule has 1 fully saturated rings. The number of aromatic nitrogens is 2. The monoisotopic (exact) mass is 239 g/mol. The van der Waals surface area contributed by atoms with Gasteiger partial charge in [0.25, 0.3) is 0 Å². The Morgan fingerprint density at radius 3 is 3.24 bits per heavy atom. The van der Waals surface area contributed by atoms with E-state index < -0.39 is 12.1 Å². The van der Waals surface area contributed by atoms with Gasteiger partial charge in [-0.25, -0.2) is 9.78 Å². The van der Waals surface area contributed by atoms with Crippen molar-refractivity contribution in [3.05, 3.63) is 18.2 Å². The Hall–Kier alpha value is -1.40. The smallest absolute Gasteiger partial charge is 0.334 e. The molecule has 1 unspecified atom stereocenters. The Bertz CT molecular complexity index is 391. The molecule has 0 aromatic carbocycles. The Balaban J connectivity index is 1.97. The molecule has 1 N–H and O–H groups in total. The lowest BCUT2D eigenvalue weighted by molar-refractivity contribution is -0.156. The molecular weight excluding hydrogens is 222 g/mol. The molecule has 6 heteroatoms. The number of hydrogen-bond donors (Lipinski definition) is 1. The average molecular weight is 239 g/mol. The van der Waals surface area contributed by atoms with Crippen molar-refractivity contribution in [2.45, 2.75) is 26.1 Å². The molecule has 2 rings (SSSR count). The van der Waals surface area contributed by atoms with Crippen molar-refractivity contribution in [1.29, 1.82) is 0 Å². The molecule has 17 heavy (non-hydrogen) atoms. The van der Waals surface area contributed by atoms with Crippen LogP contribution in [-0.2, 0) is 22.6 Å². The lowest BCUT2D eigenvalue weighted by Crippen LogP contribution is -2.45. The normalized spacial score (nSPS) is 21.6. The number of aliphatic carboxylic acids is 1. The minimum atomic E-state index is -0.895. The molecule has 0 saturated carbocycles. The van der Waals surface area contributed by atoms with Crippen molar-refractivity contribution in [3.8, 4) is 0 Å². The third-order valence-corrected chi connectivity index (χ3v) is 2.93. The summed E-state index contributed by atoms with van der Waals surface area (Å²) in [5, 5.41) is 8.91. The molecule has 0 amide bonds. The average Bonchev–Trinajstić information content (AvgIpc) is 2.76.